The zero-order valence-electron chi connectivity index (χ0n) is 25.6. The maximum absolute atomic E-state index is 6.42. The molecular weight excluding hydrogens is 455 g/mol. The Morgan fingerprint density at radius 2 is 0.784 bits per heavy atom. The van der Waals surface area contributed by atoms with Crippen molar-refractivity contribution < 1.29 is 9.31 Å². The minimum absolute atomic E-state index is 0.129. The summed E-state index contributed by atoms with van der Waals surface area (Å²) in [6.45, 7) is 18.9. The molecule has 4 rings (SSSR count). The van der Waals surface area contributed by atoms with Crippen molar-refractivity contribution in [2.45, 2.75) is 103 Å². The van der Waals surface area contributed by atoms with Gasteiger partial charge < -0.3 is 19.1 Å². The van der Waals surface area contributed by atoms with Gasteiger partial charge in [-0.3, -0.25) is 0 Å². The molecule has 0 saturated heterocycles. The third-order valence-electron chi connectivity index (χ3n) is 9.26. The van der Waals surface area contributed by atoms with Crippen molar-refractivity contribution in [3.8, 4) is 11.5 Å². The second-order valence-electron chi connectivity index (χ2n) is 14.5. The molecule has 2 aromatic carbocycles. The average molecular weight is 505 g/mol. The van der Waals surface area contributed by atoms with Gasteiger partial charge in [-0.05, 0) is 93.9 Å². The minimum Gasteiger partial charge on any atom is -0.527 e. The summed E-state index contributed by atoms with van der Waals surface area (Å²) in [5.41, 5.74) is 8.47. The molecule has 0 unspecified atom stereocenters. The Labute approximate surface area is 227 Å². The first-order chi connectivity index (χ1) is 17.0. The van der Waals surface area contributed by atoms with E-state index in [1.807, 2.05) is 0 Å². The Hall–Kier alpha value is -2.30. The fourth-order valence-electron chi connectivity index (χ4n) is 6.25. The van der Waals surface area contributed by atoms with Crippen LogP contribution in [-0.2, 0) is 21.7 Å². The van der Waals surface area contributed by atoms with Crippen LogP contribution in [0.1, 0.15) is 103 Å². The van der Waals surface area contributed by atoms with E-state index < -0.39 is 0 Å². The molecule has 4 nitrogen and oxygen atoms in total. The number of fused-ring (bicyclic) bond motifs is 2. The van der Waals surface area contributed by atoms with E-state index in [0.717, 1.165) is 22.9 Å². The van der Waals surface area contributed by atoms with E-state index in [0.29, 0.717) is 0 Å². The average Bonchev–Trinajstić information content (AvgIpc) is 2.79. The zero-order chi connectivity index (χ0) is 27.6. The molecule has 0 aliphatic heterocycles. The second kappa shape index (κ2) is 9.17. The predicted octanol–water partition coefficient (Wildman–Crippen LogP) is 7.24. The van der Waals surface area contributed by atoms with Gasteiger partial charge >= 0.3 is 7.69 Å². The molecular formula is C32H49BN2O2. The second-order valence-corrected chi connectivity index (χ2v) is 14.5. The summed E-state index contributed by atoms with van der Waals surface area (Å²) in [4.78, 5) is 4.31. The van der Waals surface area contributed by atoms with E-state index in [2.05, 4.69) is 118 Å². The van der Waals surface area contributed by atoms with Gasteiger partial charge in [0, 0.05) is 28.2 Å². The van der Waals surface area contributed by atoms with Crippen LogP contribution in [-0.4, -0.2) is 35.9 Å². The molecule has 0 heterocycles. The first-order valence-electron chi connectivity index (χ1n) is 13.9. The Morgan fingerprint density at radius 3 is 1.05 bits per heavy atom. The molecule has 0 spiro atoms. The zero-order valence-corrected chi connectivity index (χ0v) is 25.6. The van der Waals surface area contributed by atoms with Crippen LogP contribution in [0.3, 0.4) is 0 Å². The topological polar surface area (TPSA) is 24.9 Å². The molecule has 0 N–H and O–H groups in total. The summed E-state index contributed by atoms with van der Waals surface area (Å²) >= 11 is 0. The third-order valence-corrected chi connectivity index (χ3v) is 9.26. The highest BCUT2D eigenvalue weighted by Gasteiger charge is 2.39. The molecule has 0 radical (unpaired) electrons. The van der Waals surface area contributed by atoms with Crippen molar-refractivity contribution in [2.24, 2.45) is 0 Å². The lowest BCUT2D eigenvalue weighted by Crippen LogP contribution is -2.34. The Morgan fingerprint density at radius 1 is 0.514 bits per heavy atom. The van der Waals surface area contributed by atoms with Crippen LogP contribution < -0.4 is 19.1 Å². The maximum Gasteiger partial charge on any atom is 0.576 e. The molecule has 202 valence electrons. The van der Waals surface area contributed by atoms with Crippen LogP contribution in [0.15, 0.2) is 24.3 Å². The number of nitrogens with zero attached hydrogens (tertiary/aromatic N) is 2. The SMILES string of the molecule is CN(C)c1cc2c(cc1OBOc1cc3c(cc1N(C)C)C(C)(C)CCC3(C)C)C(C)(C)CCC2(C)C. The largest absolute Gasteiger partial charge is 0.576 e. The van der Waals surface area contributed by atoms with Gasteiger partial charge in [-0.25, -0.2) is 0 Å². The first-order valence-corrected chi connectivity index (χ1v) is 13.9. The molecule has 0 saturated carbocycles. The summed E-state index contributed by atoms with van der Waals surface area (Å²) in [5.74, 6) is 1.78. The van der Waals surface area contributed by atoms with Crippen LogP contribution in [0, 0.1) is 0 Å². The van der Waals surface area contributed by atoms with Crippen molar-refractivity contribution in [3.63, 3.8) is 0 Å². The van der Waals surface area contributed by atoms with Gasteiger partial charge in [-0.2, -0.15) is 0 Å². The van der Waals surface area contributed by atoms with Gasteiger partial charge in [0.2, 0.25) is 0 Å². The number of benzene rings is 2. The number of hydrogen-bond donors (Lipinski definition) is 0. The third kappa shape index (κ3) is 5.08. The van der Waals surface area contributed by atoms with E-state index >= 15 is 0 Å². The van der Waals surface area contributed by atoms with Crippen molar-refractivity contribution in [1.29, 1.82) is 0 Å². The molecule has 5 heteroatoms. The van der Waals surface area contributed by atoms with E-state index in [4.69, 9.17) is 9.31 Å². The Kier molecular flexibility index (Phi) is 6.87. The van der Waals surface area contributed by atoms with E-state index in [-0.39, 0.29) is 29.3 Å². The molecule has 2 aliphatic rings. The van der Waals surface area contributed by atoms with Gasteiger partial charge in [0.1, 0.15) is 11.5 Å². The van der Waals surface area contributed by atoms with Gasteiger partial charge in [0.25, 0.3) is 0 Å². The van der Waals surface area contributed by atoms with Crippen LogP contribution in [0.25, 0.3) is 0 Å². The number of hydrogen-bond acceptors (Lipinski definition) is 4. The highest BCUT2D eigenvalue weighted by Crippen LogP contribution is 2.50. The van der Waals surface area contributed by atoms with E-state index in [1.165, 1.54) is 47.9 Å². The lowest BCUT2D eigenvalue weighted by molar-refractivity contribution is 0.329. The lowest BCUT2D eigenvalue weighted by Gasteiger charge is -2.43. The van der Waals surface area contributed by atoms with Crippen LogP contribution >= 0.6 is 0 Å². The fraction of sp³-hybridized carbons (Fsp3) is 0.625. The summed E-state index contributed by atoms with van der Waals surface area (Å²) < 4.78 is 12.8. The maximum atomic E-state index is 6.42. The van der Waals surface area contributed by atoms with Gasteiger partial charge in [0.05, 0.1) is 11.4 Å². The van der Waals surface area contributed by atoms with E-state index in [9.17, 15) is 0 Å². The number of anilines is 2. The van der Waals surface area contributed by atoms with Crippen LogP contribution in [0.4, 0.5) is 11.4 Å². The molecule has 0 atom stereocenters. The van der Waals surface area contributed by atoms with Crippen molar-refractivity contribution >= 4 is 19.1 Å². The highest BCUT2D eigenvalue weighted by atomic mass is 16.6. The van der Waals surface area contributed by atoms with Gasteiger partial charge in [-0.1, -0.05) is 55.4 Å². The normalized spacial score (nSPS) is 20.3. The quantitative estimate of drug-likeness (QED) is 0.387. The molecule has 2 aliphatic carbocycles. The molecule has 0 fully saturated rings. The summed E-state index contributed by atoms with van der Waals surface area (Å²) in [7, 11) is 8.54. The first kappa shape index (κ1) is 27.7. The molecule has 2 aromatic rings. The standard InChI is InChI=1S/C32H49BN2O2/c1-29(2)13-15-31(5,6)23-19-27(25(34(9)10)17-21(23)29)36-33-37-28-20-24-22(18-26(28)35(11)12)30(3,4)14-16-32(24,7)8/h17-20,33H,13-16H2,1-12H3. The molecule has 37 heavy (non-hydrogen) atoms. The Bertz CT molecular complexity index is 1090. The van der Waals surface area contributed by atoms with Gasteiger partial charge in [0.15, 0.2) is 0 Å². The van der Waals surface area contributed by atoms with Crippen molar-refractivity contribution in [2.75, 3.05) is 38.0 Å². The summed E-state index contributed by atoms with van der Waals surface area (Å²) in [5, 5.41) is 0. The Balaban J connectivity index is 1.68. The summed E-state index contributed by atoms with van der Waals surface area (Å²) in [6.07, 6.45) is 4.75. The highest BCUT2D eigenvalue weighted by molar-refractivity contribution is 6.21. The minimum atomic E-state index is 0.129. The molecule has 0 amide bonds. The van der Waals surface area contributed by atoms with Crippen molar-refractivity contribution in [1.82, 2.24) is 0 Å². The number of rotatable bonds is 6. The lowest BCUT2D eigenvalue weighted by atomic mass is 9.63. The molecule has 0 aromatic heterocycles. The smallest absolute Gasteiger partial charge is 0.527 e. The van der Waals surface area contributed by atoms with Crippen molar-refractivity contribution in [3.05, 3.63) is 46.5 Å². The van der Waals surface area contributed by atoms with Gasteiger partial charge in [-0.15, -0.1) is 0 Å². The monoisotopic (exact) mass is 504 g/mol. The van der Waals surface area contributed by atoms with E-state index in [1.54, 1.807) is 0 Å². The van der Waals surface area contributed by atoms with Crippen LogP contribution in [0.2, 0.25) is 0 Å². The predicted molar refractivity (Wildman–Crippen MR) is 161 cm³/mol. The fourth-order valence-corrected chi connectivity index (χ4v) is 6.25. The molecule has 0 bridgehead atoms. The van der Waals surface area contributed by atoms with Crippen LogP contribution in [0.5, 0.6) is 11.5 Å². The summed E-state index contributed by atoms with van der Waals surface area (Å²) in [6, 6.07) is 9.25.